The van der Waals surface area contributed by atoms with E-state index in [9.17, 15) is 13.2 Å². The predicted molar refractivity (Wildman–Crippen MR) is 79.1 cm³/mol. The first-order chi connectivity index (χ1) is 9.94. The highest BCUT2D eigenvalue weighted by atomic mass is 32.2. The summed E-state index contributed by atoms with van der Waals surface area (Å²) in [5.41, 5.74) is 6.83. The summed E-state index contributed by atoms with van der Waals surface area (Å²) in [5, 5.41) is 0.513. The van der Waals surface area contributed by atoms with Crippen molar-refractivity contribution in [2.75, 3.05) is 18.9 Å². The lowest BCUT2D eigenvalue weighted by Gasteiger charge is -2.06. The maximum Gasteiger partial charge on any atom is 0.307 e. The molecule has 0 bridgehead atoms. The number of H-pyrrole nitrogens is 1. The molecule has 2 rings (SSSR count). The van der Waals surface area contributed by atoms with Crippen LogP contribution in [0, 0.1) is 0 Å². The van der Waals surface area contributed by atoms with Gasteiger partial charge in [-0.05, 0) is 25.1 Å². The summed E-state index contributed by atoms with van der Waals surface area (Å²) in [6.45, 7) is 1.95. The van der Waals surface area contributed by atoms with Gasteiger partial charge < -0.3 is 15.5 Å². The Labute approximate surface area is 122 Å². The van der Waals surface area contributed by atoms with Crippen molar-refractivity contribution in [2.24, 2.45) is 0 Å². The summed E-state index contributed by atoms with van der Waals surface area (Å²) in [4.78, 5) is 14.2. The van der Waals surface area contributed by atoms with Crippen molar-refractivity contribution in [2.45, 2.75) is 18.2 Å². The molecule has 0 saturated carbocycles. The van der Waals surface area contributed by atoms with E-state index in [4.69, 9.17) is 10.5 Å². The first-order valence-electron chi connectivity index (χ1n) is 6.46. The smallest absolute Gasteiger partial charge is 0.307 e. The zero-order valence-corrected chi connectivity index (χ0v) is 12.4. The maximum atomic E-state index is 12.2. The second-order valence-electron chi connectivity index (χ2n) is 4.41. The number of esters is 1. The van der Waals surface area contributed by atoms with Crippen molar-refractivity contribution in [3.63, 3.8) is 0 Å². The molecule has 8 heteroatoms. The number of sulfonamides is 1. The molecule has 0 saturated heterocycles. The van der Waals surface area contributed by atoms with Crippen LogP contribution < -0.4 is 10.5 Å². The summed E-state index contributed by atoms with van der Waals surface area (Å²) in [7, 11) is -3.72. The quantitative estimate of drug-likeness (QED) is 0.543. The van der Waals surface area contributed by atoms with Gasteiger partial charge in [-0.1, -0.05) is 0 Å². The summed E-state index contributed by atoms with van der Waals surface area (Å²) >= 11 is 0. The number of anilines is 1. The fourth-order valence-electron chi connectivity index (χ4n) is 1.93. The highest BCUT2D eigenvalue weighted by Gasteiger charge is 2.19. The van der Waals surface area contributed by atoms with Gasteiger partial charge in [-0.25, -0.2) is 13.1 Å². The molecule has 0 aliphatic carbocycles. The Balaban J connectivity index is 2.14. The molecule has 1 aromatic heterocycles. The SMILES string of the molecule is CCOC(=O)CCNS(=O)(=O)c1c[nH]c2ccc(N)cc12. The third-order valence-corrected chi connectivity index (χ3v) is 4.38. The lowest BCUT2D eigenvalue weighted by Crippen LogP contribution is -2.26. The van der Waals surface area contributed by atoms with E-state index in [1.807, 2.05) is 0 Å². The number of nitrogens with two attached hydrogens (primary N) is 1. The van der Waals surface area contributed by atoms with Crippen molar-refractivity contribution >= 4 is 32.6 Å². The summed E-state index contributed by atoms with van der Waals surface area (Å²) in [6.07, 6.45) is 1.38. The average Bonchev–Trinajstić information content (AvgIpc) is 2.82. The van der Waals surface area contributed by atoms with E-state index in [0.717, 1.165) is 0 Å². The number of carbonyl (C=O) groups is 1. The predicted octanol–water partition coefficient (Wildman–Crippen LogP) is 0.982. The Hall–Kier alpha value is -2.06. The number of hydrogen-bond acceptors (Lipinski definition) is 5. The molecule has 114 valence electrons. The van der Waals surface area contributed by atoms with Gasteiger partial charge in [0, 0.05) is 29.3 Å². The average molecular weight is 311 g/mol. The summed E-state index contributed by atoms with van der Waals surface area (Å²) in [5.74, 6) is -0.441. The molecule has 0 aliphatic heterocycles. The number of nitrogen functional groups attached to an aromatic ring is 1. The molecular formula is C13H17N3O4S. The van der Waals surface area contributed by atoms with Crippen molar-refractivity contribution < 1.29 is 17.9 Å². The molecule has 0 aliphatic rings. The number of aromatic amines is 1. The Morgan fingerprint density at radius 1 is 1.43 bits per heavy atom. The molecule has 7 nitrogen and oxygen atoms in total. The van der Waals surface area contributed by atoms with E-state index in [1.54, 1.807) is 25.1 Å². The molecule has 21 heavy (non-hydrogen) atoms. The molecular weight excluding hydrogens is 294 g/mol. The van der Waals surface area contributed by atoms with Crippen molar-refractivity contribution in [3.8, 4) is 0 Å². The van der Waals surface area contributed by atoms with Gasteiger partial charge in [0.2, 0.25) is 10.0 Å². The number of nitrogens with one attached hydrogen (secondary N) is 2. The van der Waals surface area contributed by atoms with Crippen molar-refractivity contribution in [1.29, 1.82) is 0 Å². The minimum Gasteiger partial charge on any atom is -0.466 e. The Kier molecular flexibility index (Phi) is 4.49. The van der Waals surface area contributed by atoms with E-state index >= 15 is 0 Å². The number of carbonyl (C=O) groups excluding carboxylic acids is 1. The second-order valence-corrected chi connectivity index (χ2v) is 6.15. The number of ether oxygens (including phenoxy) is 1. The summed E-state index contributed by atoms with van der Waals surface area (Å²) < 4.78 is 31.6. The number of benzene rings is 1. The van der Waals surface area contributed by atoms with Crippen LogP contribution >= 0.6 is 0 Å². The highest BCUT2D eigenvalue weighted by molar-refractivity contribution is 7.89. The van der Waals surface area contributed by atoms with Gasteiger partial charge in [-0.3, -0.25) is 4.79 Å². The third kappa shape index (κ3) is 3.53. The van der Waals surface area contributed by atoms with Crippen LogP contribution in [0.3, 0.4) is 0 Å². The topological polar surface area (TPSA) is 114 Å². The molecule has 0 unspecified atom stereocenters. The largest absolute Gasteiger partial charge is 0.466 e. The molecule has 0 amide bonds. The number of hydrogen-bond donors (Lipinski definition) is 3. The van der Waals surface area contributed by atoms with E-state index in [1.165, 1.54) is 6.20 Å². The molecule has 0 spiro atoms. The van der Waals surface area contributed by atoms with Crippen LogP contribution in [-0.4, -0.2) is 32.5 Å². The van der Waals surface area contributed by atoms with Crippen LogP contribution in [0.1, 0.15) is 13.3 Å². The number of rotatable bonds is 6. The molecule has 2 aromatic rings. The Bertz CT molecular complexity index is 752. The normalized spacial score (nSPS) is 11.7. The maximum absolute atomic E-state index is 12.2. The summed E-state index contributed by atoms with van der Waals surface area (Å²) in [6, 6.07) is 4.98. The van der Waals surface area contributed by atoms with Gasteiger partial charge in [0.1, 0.15) is 4.90 Å². The van der Waals surface area contributed by atoms with Crippen LogP contribution in [0.5, 0.6) is 0 Å². The van der Waals surface area contributed by atoms with Crippen LogP contribution in [0.15, 0.2) is 29.3 Å². The minimum atomic E-state index is -3.72. The number of fused-ring (bicyclic) bond motifs is 1. The molecule has 0 radical (unpaired) electrons. The molecule has 1 heterocycles. The minimum absolute atomic E-state index is 0.0163. The first-order valence-corrected chi connectivity index (χ1v) is 7.94. The molecule has 4 N–H and O–H groups in total. The fraction of sp³-hybridized carbons (Fsp3) is 0.308. The lowest BCUT2D eigenvalue weighted by atomic mass is 10.2. The van der Waals surface area contributed by atoms with Crippen LogP contribution in [-0.2, 0) is 19.6 Å². The monoisotopic (exact) mass is 311 g/mol. The van der Waals surface area contributed by atoms with Crippen LogP contribution in [0.25, 0.3) is 10.9 Å². The van der Waals surface area contributed by atoms with Gasteiger partial charge >= 0.3 is 5.97 Å². The first kappa shape index (κ1) is 15.3. The van der Waals surface area contributed by atoms with E-state index < -0.39 is 16.0 Å². The van der Waals surface area contributed by atoms with Gasteiger partial charge in [0.15, 0.2) is 0 Å². The molecule has 0 atom stereocenters. The van der Waals surface area contributed by atoms with E-state index in [2.05, 4.69) is 9.71 Å². The Morgan fingerprint density at radius 3 is 2.90 bits per heavy atom. The van der Waals surface area contributed by atoms with E-state index in [-0.39, 0.29) is 24.5 Å². The fourth-order valence-corrected chi connectivity index (χ4v) is 3.13. The zero-order chi connectivity index (χ0) is 15.5. The number of aromatic nitrogens is 1. The van der Waals surface area contributed by atoms with Crippen molar-refractivity contribution in [1.82, 2.24) is 9.71 Å². The van der Waals surface area contributed by atoms with E-state index in [0.29, 0.717) is 16.6 Å². The lowest BCUT2D eigenvalue weighted by molar-refractivity contribution is -0.142. The van der Waals surface area contributed by atoms with Crippen molar-refractivity contribution in [3.05, 3.63) is 24.4 Å². The van der Waals surface area contributed by atoms with Gasteiger partial charge in [0.05, 0.1) is 13.0 Å². The Morgan fingerprint density at radius 2 is 2.19 bits per heavy atom. The third-order valence-electron chi connectivity index (χ3n) is 2.88. The second kappa shape index (κ2) is 6.15. The van der Waals surface area contributed by atoms with Crippen LogP contribution in [0.2, 0.25) is 0 Å². The van der Waals surface area contributed by atoms with Gasteiger partial charge in [-0.2, -0.15) is 0 Å². The zero-order valence-electron chi connectivity index (χ0n) is 11.5. The molecule has 0 fully saturated rings. The van der Waals surface area contributed by atoms with Gasteiger partial charge in [0.25, 0.3) is 0 Å². The standard InChI is InChI=1S/C13H17N3O4S/c1-2-20-13(17)5-6-16-21(18,19)12-8-15-11-4-3-9(14)7-10(11)12/h3-4,7-8,15-16H,2,5-6,14H2,1H3. The van der Waals surface area contributed by atoms with Gasteiger partial charge in [-0.15, -0.1) is 0 Å². The molecule has 1 aromatic carbocycles. The van der Waals surface area contributed by atoms with Crippen LogP contribution in [0.4, 0.5) is 5.69 Å². The highest BCUT2D eigenvalue weighted by Crippen LogP contribution is 2.24.